The fourth-order valence-corrected chi connectivity index (χ4v) is 3.66. The zero-order valence-electron chi connectivity index (χ0n) is 14.2. The quantitative estimate of drug-likeness (QED) is 0.612. The Balaban J connectivity index is 1.40. The van der Waals surface area contributed by atoms with E-state index in [0.717, 1.165) is 47.2 Å². The van der Waals surface area contributed by atoms with Crippen LogP contribution >= 0.6 is 0 Å². The second kappa shape index (κ2) is 6.25. The first-order valence-corrected chi connectivity index (χ1v) is 8.76. The Morgan fingerprint density at radius 2 is 2.19 bits per heavy atom. The lowest BCUT2D eigenvalue weighted by atomic mass is 10.1. The van der Waals surface area contributed by atoms with Crippen molar-refractivity contribution in [1.82, 2.24) is 24.9 Å². The Kier molecular flexibility index (Phi) is 3.62. The average Bonchev–Trinajstić information content (AvgIpc) is 3.35. The third kappa shape index (κ3) is 2.52. The van der Waals surface area contributed by atoms with Gasteiger partial charge in [0.05, 0.1) is 12.4 Å². The number of rotatable bonds is 4. The van der Waals surface area contributed by atoms with Crippen LogP contribution in [0.25, 0.3) is 21.9 Å². The first-order valence-electron chi connectivity index (χ1n) is 8.76. The molecule has 7 nitrogen and oxygen atoms in total. The molecular formula is C19H18N6O. The van der Waals surface area contributed by atoms with E-state index in [1.807, 2.05) is 24.4 Å². The molecule has 1 atom stereocenters. The molecule has 130 valence electrons. The molecule has 0 amide bonds. The Bertz CT molecular complexity index is 1060. The molecule has 1 aliphatic heterocycles. The van der Waals surface area contributed by atoms with Gasteiger partial charge in [0.2, 0.25) is 0 Å². The predicted octanol–water partition coefficient (Wildman–Crippen LogP) is 2.95. The van der Waals surface area contributed by atoms with E-state index in [9.17, 15) is 0 Å². The molecule has 1 aromatic carbocycles. The van der Waals surface area contributed by atoms with Crippen LogP contribution in [0.3, 0.4) is 0 Å². The maximum absolute atomic E-state index is 6.20. The number of H-pyrrole nitrogens is 1. The van der Waals surface area contributed by atoms with Gasteiger partial charge in [0.25, 0.3) is 0 Å². The van der Waals surface area contributed by atoms with Crippen LogP contribution in [0.5, 0.6) is 5.75 Å². The highest BCUT2D eigenvalue weighted by Crippen LogP contribution is 2.30. The Morgan fingerprint density at radius 1 is 1.19 bits per heavy atom. The fraction of sp³-hybridized carbons (Fsp3) is 0.263. The summed E-state index contributed by atoms with van der Waals surface area (Å²) in [6, 6.07) is 8.36. The van der Waals surface area contributed by atoms with E-state index in [0.29, 0.717) is 12.3 Å². The number of nitrogens with zero attached hydrogens (tertiary/aromatic N) is 5. The molecule has 1 saturated heterocycles. The van der Waals surface area contributed by atoms with Gasteiger partial charge in [0, 0.05) is 24.3 Å². The van der Waals surface area contributed by atoms with Gasteiger partial charge in [-0.05, 0) is 30.4 Å². The number of imidazole rings is 1. The van der Waals surface area contributed by atoms with Crippen molar-refractivity contribution in [3.05, 3.63) is 49.3 Å². The largest absolute Gasteiger partial charge is 0.491 e. The van der Waals surface area contributed by atoms with Gasteiger partial charge in [-0.2, -0.15) is 0 Å². The molecule has 4 heterocycles. The molecule has 5 rings (SSSR count). The van der Waals surface area contributed by atoms with Crippen molar-refractivity contribution in [2.24, 2.45) is 0 Å². The van der Waals surface area contributed by atoms with Crippen molar-refractivity contribution in [3.63, 3.8) is 0 Å². The molecule has 0 bridgehead atoms. The lowest BCUT2D eigenvalue weighted by Crippen LogP contribution is -2.35. The summed E-state index contributed by atoms with van der Waals surface area (Å²) in [4.78, 5) is 22.6. The predicted molar refractivity (Wildman–Crippen MR) is 99.3 cm³/mol. The molecule has 3 aromatic heterocycles. The fourth-order valence-electron chi connectivity index (χ4n) is 3.66. The van der Waals surface area contributed by atoms with Gasteiger partial charge < -0.3 is 14.6 Å². The van der Waals surface area contributed by atoms with E-state index in [2.05, 4.69) is 35.9 Å². The molecule has 1 N–H and O–H groups in total. The van der Waals surface area contributed by atoms with Gasteiger partial charge in [-0.15, -0.1) is 0 Å². The zero-order valence-corrected chi connectivity index (χ0v) is 14.2. The van der Waals surface area contributed by atoms with Gasteiger partial charge in [0.15, 0.2) is 11.5 Å². The Labute approximate surface area is 150 Å². The van der Waals surface area contributed by atoms with E-state index in [1.165, 1.54) is 0 Å². The van der Waals surface area contributed by atoms with Crippen LogP contribution in [0.1, 0.15) is 12.8 Å². The number of hydrogen-bond donors (Lipinski definition) is 1. The third-order valence-corrected chi connectivity index (χ3v) is 4.93. The van der Waals surface area contributed by atoms with Gasteiger partial charge in [0.1, 0.15) is 24.2 Å². The standard InChI is InChI=1S/C19H18N6O/c1-3-13-6-7-20-9-15(13)16(5-1)26-10-14-4-2-8-25(14)19-17-18(22-11-21-17)23-12-24-19/h1,3,5-7,9,11-12,14H,2,4,8,10H2,(H,21,22,23,24)/t14-/m1/s1. The maximum atomic E-state index is 6.20. The summed E-state index contributed by atoms with van der Waals surface area (Å²) in [6.07, 6.45) is 9.08. The van der Waals surface area contributed by atoms with Gasteiger partial charge in [-0.3, -0.25) is 4.98 Å². The summed E-state index contributed by atoms with van der Waals surface area (Å²) in [5.41, 5.74) is 1.58. The highest BCUT2D eigenvalue weighted by Gasteiger charge is 2.28. The molecule has 4 aromatic rings. The maximum Gasteiger partial charge on any atom is 0.182 e. The number of benzene rings is 1. The highest BCUT2D eigenvalue weighted by atomic mass is 16.5. The first-order chi connectivity index (χ1) is 12.9. The number of aromatic amines is 1. The van der Waals surface area contributed by atoms with Crippen molar-refractivity contribution in [1.29, 1.82) is 0 Å². The smallest absolute Gasteiger partial charge is 0.182 e. The topological polar surface area (TPSA) is 79.8 Å². The summed E-state index contributed by atoms with van der Waals surface area (Å²) in [5.74, 6) is 1.77. The number of fused-ring (bicyclic) bond motifs is 2. The van der Waals surface area contributed by atoms with Crippen LogP contribution in [0.2, 0.25) is 0 Å². The number of pyridine rings is 1. The van der Waals surface area contributed by atoms with Crippen LogP contribution < -0.4 is 9.64 Å². The SMILES string of the molecule is c1cc(OC[C@H]2CCCN2c2ncnc3nc[nH]c23)c2cnccc2c1. The minimum absolute atomic E-state index is 0.267. The van der Waals surface area contributed by atoms with E-state index < -0.39 is 0 Å². The van der Waals surface area contributed by atoms with Crippen molar-refractivity contribution < 1.29 is 4.74 Å². The van der Waals surface area contributed by atoms with Crippen molar-refractivity contribution in [2.75, 3.05) is 18.1 Å². The zero-order chi connectivity index (χ0) is 17.3. The lowest BCUT2D eigenvalue weighted by Gasteiger charge is -2.26. The summed E-state index contributed by atoms with van der Waals surface area (Å²) in [6.45, 7) is 1.56. The van der Waals surface area contributed by atoms with Crippen LogP contribution in [0.4, 0.5) is 5.82 Å². The van der Waals surface area contributed by atoms with Crippen LogP contribution in [-0.2, 0) is 0 Å². The van der Waals surface area contributed by atoms with E-state index >= 15 is 0 Å². The molecule has 0 spiro atoms. The van der Waals surface area contributed by atoms with Crippen molar-refractivity contribution in [2.45, 2.75) is 18.9 Å². The minimum Gasteiger partial charge on any atom is -0.491 e. The third-order valence-electron chi connectivity index (χ3n) is 4.93. The van der Waals surface area contributed by atoms with Gasteiger partial charge in [-0.1, -0.05) is 12.1 Å². The normalized spacial score (nSPS) is 17.2. The van der Waals surface area contributed by atoms with E-state index in [1.54, 1.807) is 18.9 Å². The molecule has 1 aliphatic rings. The van der Waals surface area contributed by atoms with Crippen LogP contribution in [0.15, 0.2) is 49.3 Å². The summed E-state index contributed by atoms with van der Waals surface area (Å²) in [7, 11) is 0. The van der Waals surface area contributed by atoms with Gasteiger partial charge in [-0.25, -0.2) is 15.0 Å². The number of hydrogen-bond acceptors (Lipinski definition) is 6. The van der Waals surface area contributed by atoms with E-state index in [-0.39, 0.29) is 6.04 Å². The summed E-state index contributed by atoms with van der Waals surface area (Å²) in [5, 5.41) is 2.17. The molecule has 0 unspecified atom stereocenters. The Hall–Kier alpha value is -3.22. The van der Waals surface area contributed by atoms with Crippen molar-refractivity contribution in [3.8, 4) is 5.75 Å². The van der Waals surface area contributed by atoms with E-state index in [4.69, 9.17) is 4.74 Å². The summed E-state index contributed by atoms with van der Waals surface area (Å²) < 4.78 is 6.20. The molecule has 7 heteroatoms. The second-order valence-corrected chi connectivity index (χ2v) is 6.45. The van der Waals surface area contributed by atoms with Crippen LogP contribution in [-0.4, -0.2) is 44.1 Å². The molecule has 0 saturated carbocycles. The van der Waals surface area contributed by atoms with Crippen molar-refractivity contribution >= 4 is 27.8 Å². The molecule has 26 heavy (non-hydrogen) atoms. The molecule has 0 radical (unpaired) electrons. The minimum atomic E-state index is 0.267. The summed E-state index contributed by atoms with van der Waals surface area (Å²) >= 11 is 0. The lowest BCUT2D eigenvalue weighted by molar-refractivity contribution is 0.291. The molecular weight excluding hydrogens is 328 g/mol. The number of nitrogens with one attached hydrogen (secondary N) is 1. The number of ether oxygens (including phenoxy) is 1. The van der Waals surface area contributed by atoms with Crippen LogP contribution in [0, 0.1) is 0 Å². The first kappa shape index (κ1) is 15.1. The number of anilines is 1. The monoisotopic (exact) mass is 346 g/mol. The molecule has 1 fully saturated rings. The Morgan fingerprint density at radius 3 is 3.19 bits per heavy atom. The van der Waals surface area contributed by atoms with Gasteiger partial charge >= 0.3 is 0 Å². The molecule has 0 aliphatic carbocycles. The second-order valence-electron chi connectivity index (χ2n) is 6.45. The highest BCUT2D eigenvalue weighted by molar-refractivity contribution is 5.87. The number of aromatic nitrogens is 5. The average molecular weight is 346 g/mol.